The van der Waals surface area contributed by atoms with Crippen LogP contribution in [-0.4, -0.2) is 32.4 Å². The van der Waals surface area contributed by atoms with Crippen molar-refractivity contribution in [1.82, 2.24) is 4.98 Å². The maximum absolute atomic E-state index is 11.3. The molecular formula is C11H19NO3Si. The van der Waals surface area contributed by atoms with E-state index in [9.17, 15) is 4.79 Å². The lowest BCUT2D eigenvalue weighted by atomic mass is 10.4. The molecule has 16 heavy (non-hydrogen) atoms. The van der Waals surface area contributed by atoms with E-state index < -0.39 is 8.07 Å². The Bertz CT molecular complexity index is 316. The van der Waals surface area contributed by atoms with Crippen molar-refractivity contribution < 1.29 is 14.3 Å². The second-order valence-corrected chi connectivity index (χ2v) is 10.5. The molecule has 0 aliphatic heterocycles. The van der Waals surface area contributed by atoms with E-state index in [-0.39, 0.29) is 12.8 Å². The van der Waals surface area contributed by atoms with Crippen LogP contribution in [0.3, 0.4) is 0 Å². The molecule has 0 amide bonds. The molecule has 4 nitrogen and oxygen atoms in total. The third-order valence-electron chi connectivity index (χ3n) is 2.09. The molecule has 0 bridgehead atoms. The molecular weight excluding hydrogens is 222 g/mol. The van der Waals surface area contributed by atoms with Crippen molar-refractivity contribution in [3.05, 3.63) is 24.0 Å². The van der Waals surface area contributed by atoms with Crippen LogP contribution in [0, 0.1) is 0 Å². The molecule has 0 unspecified atom stereocenters. The predicted molar refractivity (Wildman–Crippen MR) is 65.2 cm³/mol. The Morgan fingerprint density at radius 3 is 2.75 bits per heavy atom. The van der Waals surface area contributed by atoms with Gasteiger partial charge in [0.2, 0.25) is 0 Å². The quantitative estimate of drug-likeness (QED) is 0.360. The minimum atomic E-state index is -1.06. The maximum atomic E-state index is 11.3. The molecule has 1 heterocycles. The highest BCUT2D eigenvalue weighted by atomic mass is 28.3. The van der Waals surface area contributed by atoms with Crippen LogP contribution < -0.4 is 0 Å². The third-order valence-corrected chi connectivity index (χ3v) is 3.79. The number of rotatable bonds is 6. The number of aromatic nitrogens is 1. The number of esters is 1. The van der Waals surface area contributed by atoms with Crippen molar-refractivity contribution >= 4 is 14.0 Å². The molecule has 1 aromatic heterocycles. The molecule has 0 saturated heterocycles. The van der Waals surface area contributed by atoms with Gasteiger partial charge in [0.15, 0.2) is 6.79 Å². The minimum absolute atomic E-state index is 0.0301. The lowest BCUT2D eigenvalue weighted by molar-refractivity contribution is -0.0280. The van der Waals surface area contributed by atoms with Gasteiger partial charge in [-0.1, -0.05) is 19.6 Å². The van der Waals surface area contributed by atoms with E-state index in [0.29, 0.717) is 12.3 Å². The summed E-state index contributed by atoms with van der Waals surface area (Å²) in [5, 5.41) is 0. The van der Waals surface area contributed by atoms with Crippen LogP contribution in [0.1, 0.15) is 10.5 Å². The second-order valence-electron chi connectivity index (χ2n) is 4.85. The molecule has 0 spiro atoms. The molecule has 0 aliphatic carbocycles. The van der Waals surface area contributed by atoms with Gasteiger partial charge in [0.05, 0.1) is 0 Å². The predicted octanol–water partition coefficient (Wildman–Crippen LogP) is 2.48. The Kier molecular flexibility index (Phi) is 4.76. The van der Waals surface area contributed by atoms with Crippen molar-refractivity contribution in [3.8, 4) is 0 Å². The summed E-state index contributed by atoms with van der Waals surface area (Å²) in [6.45, 7) is 7.53. The van der Waals surface area contributed by atoms with Gasteiger partial charge in [0, 0.05) is 20.9 Å². The SMILES string of the molecule is C[Si](C)(C)CCOCOC(=O)c1ccc[nH]1. The normalized spacial score (nSPS) is 11.4. The summed E-state index contributed by atoms with van der Waals surface area (Å²) >= 11 is 0. The average Bonchev–Trinajstić information content (AvgIpc) is 2.67. The van der Waals surface area contributed by atoms with E-state index in [0.717, 1.165) is 6.04 Å². The molecule has 1 N–H and O–H groups in total. The van der Waals surface area contributed by atoms with Crippen LogP contribution in [0.25, 0.3) is 0 Å². The first-order valence-electron chi connectivity index (χ1n) is 5.37. The molecule has 0 atom stereocenters. The van der Waals surface area contributed by atoms with Gasteiger partial charge in [-0.2, -0.15) is 0 Å². The molecule has 0 aliphatic rings. The molecule has 90 valence electrons. The molecule has 5 heteroatoms. The second kappa shape index (κ2) is 5.86. The van der Waals surface area contributed by atoms with E-state index in [1.165, 1.54) is 0 Å². The molecule has 0 radical (unpaired) electrons. The Hall–Kier alpha value is -1.07. The summed E-state index contributed by atoms with van der Waals surface area (Å²) in [7, 11) is -1.06. The van der Waals surface area contributed by atoms with Gasteiger partial charge in [-0.25, -0.2) is 4.79 Å². The van der Waals surface area contributed by atoms with E-state index in [4.69, 9.17) is 9.47 Å². The lowest BCUT2D eigenvalue weighted by Gasteiger charge is -2.15. The summed E-state index contributed by atoms with van der Waals surface area (Å²) in [5.41, 5.74) is 0.453. The summed E-state index contributed by atoms with van der Waals surface area (Å²) in [5.74, 6) is -0.377. The minimum Gasteiger partial charge on any atom is -0.434 e. The highest BCUT2D eigenvalue weighted by Crippen LogP contribution is 2.07. The van der Waals surface area contributed by atoms with Gasteiger partial charge in [0.1, 0.15) is 5.69 Å². The van der Waals surface area contributed by atoms with E-state index in [1.807, 2.05) is 0 Å². The van der Waals surface area contributed by atoms with Gasteiger partial charge < -0.3 is 14.5 Å². The third kappa shape index (κ3) is 5.13. The summed E-state index contributed by atoms with van der Waals surface area (Å²) in [6.07, 6.45) is 1.68. The van der Waals surface area contributed by atoms with E-state index >= 15 is 0 Å². The van der Waals surface area contributed by atoms with Gasteiger partial charge in [-0.05, 0) is 18.2 Å². The number of ether oxygens (including phenoxy) is 2. The zero-order valence-electron chi connectivity index (χ0n) is 10.1. The van der Waals surface area contributed by atoms with Crippen LogP contribution in [0.15, 0.2) is 18.3 Å². The largest absolute Gasteiger partial charge is 0.434 e. The summed E-state index contributed by atoms with van der Waals surface area (Å²) in [6, 6.07) is 4.50. The first-order chi connectivity index (χ1) is 7.49. The number of nitrogens with one attached hydrogen (secondary N) is 1. The van der Waals surface area contributed by atoms with Crippen LogP contribution in [0.2, 0.25) is 25.7 Å². The Morgan fingerprint density at radius 1 is 1.44 bits per heavy atom. The number of hydrogen-bond donors (Lipinski definition) is 1. The standard InChI is InChI=1S/C11H19NO3Si/c1-16(2,3)8-7-14-9-15-11(13)10-5-4-6-12-10/h4-6,12H,7-9H2,1-3H3. The Morgan fingerprint density at radius 2 is 2.19 bits per heavy atom. The van der Waals surface area contributed by atoms with Crippen LogP contribution in [0.5, 0.6) is 0 Å². The molecule has 0 fully saturated rings. The van der Waals surface area contributed by atoms with Gasteiger partial charge in [-0.3, -0.25) is 0 Å². The van der Waals surface area contributed by atoms with Gasteiger partial charge in [0.25, 0.3) is 0 Å². The maximum Gasteiger partial charge on any atom is 0.356 e. The molecule has 1 aromatic rings. The highest BCUT2D eigenvalue weighted by molar-refractivity contribution is 6.76. The smallest absolute Gasteiger partial charge is 0.356 e. The summed E-state index contributed by atoms with van der Waals surface area (Å²) in [4.78, 5) is 14.1. The zero-order chi connectivity index (χ0) is 12.0. The highest BCUT2D eigenvalue weighted by Gasteiger charge is 2.12. The first kappa shape index (κ1) is 13.0. The topological polar surface area (TPSA) is 51.3 Å². The fraction of sp³-hybridized carbons (Fsp3) is 0.545. The fourth-order valence-electron chi connectivity index (χ4n) is 1.07. The fourth-order valence-corrected chi connectivity index (χ4v) is 1.82. The van der Waals surface area contributed by atoms with E-state index in [1.54, 1.807) is 18.3 Å². The molecule has 0 saturated carbocycles. The molecule has 0 aromatic carbocycles. The first-order valence-corrected chi connectivity index (χ1v) is 9.08. The monoisotopic (exact) mass is 241 g/mol. The van der Waals surface area contributed by atoms with Crippen molar-refractivity contribution in [2.75, 3.05) is 13.4 Å². The van der Waals surface area contributed by atoms with Crippen LogP contribution >= 0.6 is 0 Å². The Labute approximate surface area is 97.0 Å². The van der Waals surface area contributed by atoms with Crippen LogP contribution in [-0.2, 0) is 9.47 Å². The van der Waals surface area contributed by atoms with Crippen molar-refractivity contribution in [1.29, 1.82) is 0 Å². The van der Waals surface area contributed by atoms with Gasteiger partial charge >= 0.3 is 5.97 Å². The van der Waals surface area contributed by atoms with Crippen molar-refractivity contribution in [2.45, 2.75) is 25.7 Å². The summed E-state index contributed by atoms with van der Waals surface area (Å²) < 4.78 is 10.2. The lowest BCUT2D eigenvalue weighted by Crippen LogP contribution is -2.22. The Balaban J connectivity index is 2.10. The van der Waals surface area contributed by atoms with Crippen LogP contribution in [0.4, 0.5) is 0 Å². The van der Waals surface area contributed by atoms with Gasteiger partial charge in [-0.15, -0.1) is 0 Å². The van der Waals surface area contributed by atoms with Crippen molar-refractivity contribution in [2.24, 2.45) is 0 Å². The van der Waals surface area contributed by atoms with E-state index in [2.05, 4.69) is 24.6 Å². The number of carbonyl (C=O) groups is 1. The number of aromatic amines is 1. The molecule has 1 rings (SSSR count). The number of H-pyrrole nitrogens is 1. The number of hydrogen-bond acceptors (Lipinski definition) is 3. The number of carbonyl (C=O) groups excluding carboxylic acids is 1. The average molecular weight is 241 g/mol. The zero-order valence-corrected chi connectivity index (χ0v) is 11.1. The van der Waals surface area contributed by atoms with Crippen molar-refractivity contribution in [3.63, 3.8) is 0 Å².